The molecule has 0 amide bonds. The highest BCUT2D eigenvalue weighted by atomic mass is 16.5. The second-order valence-electron chi connectivity index (χ2n) is 2.96. The first-order valence-corrected chi connectivity index (χ1v) is 3.93. The number of pyridine rings is 1. The minimum Gasteiger partial charge on any atom is -0.487 e. The molecule has 12 heavy (non-hydrogen) atoms. The number of nitrogens with zero attached hydrogens (tertiary/aromatic N) is 1. The van der Waals surface area contributed by atoms with Gasteiger partial charge in [0.2, 0.25) is 0 Å². The summed E-state index contributed by atoms with van der Waals surface area (Å²) in [5.74, 6) is 0.609. The van der Waals surface area contributed by atoms with E-state index in [2.05, 4.69) is 4.98 Å². The monoisotopic (exact) mass is 165 g/mol. The largest absolute Gasteiger partial charge is 0.487 e. The summed E-state index contributed by atoms with van der Waals surface area (Å²) >= 11 is 0. The van der Waals surface area contributed by atoms with Crippen LogP contribution in [0.4, 0.5) is 11.4 Å². The fourth-order valence-electron chi connectivity index (χ4n) is 0.926. The fourth-order valence-corrected chi connectivity index (χ4v) is 0.926. The molecule has 2 rings (SSSR count). The molecule has 1 fully saturated rings. The minimum absolute atomic E-state index is 0.330. The summed E-state index contributed by atoms with van der Waals surface area (Å²) in [4.78, 5) is 3.90. The SMILES string of the molecule is Nc1cncc(OC2CC2)c1N. The van der Waals surface area contributed by atoms with Gasteiger partial charge in [0.1, 0.15) is 5.69 Å². The summed E-state index contributed by atoms with van der Waals surface area (Å²) in [7, 11) is 0. The first-order chi connectivity index (χ1) is 5.77. The molecular formula is C8H11N3O. The third-order valence-electron chi connectivity index (χ3n) is 1.80. The molecule has 1 aromatic heterocycles. The first-order valence-electron chi connectivity index (χ1n) is 3.93. The Morgan fingerprint density at radius 2 is 2.08 bits per heavy atom. The molecule has 4 nitrogen and oxygen atoms in total. The van der Waals surface area contributed by atoms with Crippen LogP contribution in [0.25, 0.3) is 0 Å². The molecule has 1 saturated carbocycles. The summed E-state index contributed by atoms with van der Waals surface area (Å²) in [6, 6.07) is 0. The van der Waals surface area contributed by atoms with Crippen LogP contribution in [0.15, 0.2) is 12.4 Å². The van der Waals surface area contributed by atoms with Crippen LogP contribution < -0.4 is 16.2 Å². The maximum atomic E-state index is 5.67. The van der Waals surface area contributed by atoms with Crippen LogP contribution in [-0.4, -0.2) is 11.1 Å². The van der Waals surface area contributed by atoms with Crippen LogP contribution in [0.3, 0.4) is 0 Å². The highest BCUT2D eigenvalue weighted by Gasteiger charge is 2.24. The molecule has 0 bridgehead atoms. The highest BCUT2D eigenvalue weighted by molar-refractivity contribution is 5.68. The number of ether oxygens (including phenoxy) is 1. The lowest BCUT2D eigenvalue weighted by molar-refractivity contribution is 0.304. The van der Waals surface area contributed by atoms with E-state index in [9.17, 15) is 0 Å². The quantitative estimate of drug-likeness (QED) is 0.679. The van der Waals surface area contributed by atoms with Crippen molar-refractivity contribution in [2.75, 3.05) is 11.5 Å². The lowest BCUT2D eigenvalue weighted by atomic mass is 10.3. The van der Waals surface area contributed by atoms with Crippen LogP contribution in [0.2, 0.25) is 0 Å². The van der Waals surface area contributed by atoms with Gasteiger partial charge in [0.25, 0.3) is 0 Å². The fraction of sp³-hybridized carbons (Fsp3) is 0.375. The summed E-state index contributed by atoms with van der Waals surface area (Å²) in [6.45, 7) is 0. The van der Waals surface area contributed by atoms with E-state index < -0.39 is 0 Å². The van der Waals surface area contributed by atoms with E-state index in [1.165, 1.54) is 6.20 Å². The van der Waals surface area contributed by atoms with Gasteiger partial charge < -0.3 is 16.2 Å². The Bertz CT molecular complexity index is 296. The van der Waals surface area contributed by atoms with Crippen molar-refractivity contribution in [3.8, 4) is 5.75 Å². The van der Waals surface area contributed by atoms with E-state index in [-0.39, 0.29) is 0 Å². The van der Waals surface area contributed by atoms with Crippen molar-refractivity contribution in [1.29, 1.82) is 0 Å². The van der Waals surface area contributed by atoms with Crippen molar-refractivity contribution in [2.24, 2.45) is 0 Å². The predicted molar refractivity (Wildman–Crippen MR) is 46.7 cm³/mol. The molecule has 0 spiro atoms. The molecule has 0 aliphatic heterocycles. The molecule has 0 atom stereocenters. The molecule has 0 saturated heterocycles. The lowest BCUT2D eigenvalue weighted by Crippen LogP contribution is -2.03. The van der Waals surface area contributed by atoms with Crippen LogP contribution in [-0.2, 0) is 0 Å². The van der Waals surface area contributed by atoms with E-state index in [0.717, 1.165) is 12.8 Å². The second kappa shape index (κ2) is 2.55. The summed E-state index contributed by atoms with van der Waals surface area (Å²) in [6.07, 6.45) is 5.66. The van der Waals surface area contributed by atoms with Crippen LogP contribution in [0, 0.1) is 0 Å². The normalized spacial score (nSPS) is 16.0. The molecule has 0 radical (unpaired) electrons. The number of nitrogen functional groups attached to an aromatic ring is 2. The first kappa shape index (κ1) is 7.21. The standard InChI is InChI=1S/C8H11N3O/c9-6-3-11-4-7(8(6)10)12-5-1-2-5/h3-5H,1-2,9H2,(H2,10,11). The van der Waals surface area contributed by atoms with Crippen molar-refractivity contribution >= 4 is 11.4 Å². The number of anilines is 2. The van der Waals surface area contributed by atoms with Gasteiger partial charge in [0.05, 0.1) is 24.2 Å². The molecule has 1 aliphatic carbocycles. The summed E-state index contributed by atoms with van der Waals surface area (Å²) in [5.41, 5.74) is 12.2. The zero-order chi connectivity index (χ0) is 8.55. The van der Waals surface area contributed by atoms with Crippen LogP contribution in [0.1, 0.15) is 12.8 Å². The highest BCUT2D eigenvalue weighted by Crippen LogP contribution is 2.32. The van der Waals surface area contributed by atoms with Crippen LogP contribution in [0.5, 0.6) is 5.75 Å². The van der Waals surface area contributed by atoms with E-state index in [1.54, 1.807) is 6.20 Å². The third kappa shape index (κ3) is 1.28. The van der Waals surface area contributed by atoms with Crippen molar-refractivity contribution in [2.45, 2.75) is 18.9 Å². The topological polar surface area (TPSA) is 74.2 Å². The summed E-state index contributed by atoms with van der Waals surface area (Å²) < 4.78 is 5.47. The van der Waals surface area contributed by atoms with Crippen molar-refractivity contribution in [3.63, 3.8) is 0 Å². The molecule has 64 valence electrons. The Labute approximate surface area is 70.5 Å². The molecule has 4 heteroatoms. The zero-order valence-corrected chi connectivity index (χ0v) is 6.66. The Balaban J connectivity index is 2.23. The average Bonchev–Trinajstić information content (AvgIpc) is 2.83. The third-order valence-corrected chi connectivity index (χ3v) is 1.80. The lowest BCUT2D eigenvalue weighted by Gasteiger charge is -2.07. The second-order valence-corrected chi connectivity index (χ2v) is 2.96. The number of nitrogens with two attached hydrogens (primary N) is 2. The Hall–Kier alpha value is -1.45. The number of hydrogen-bond donors (Lipinski definition) is 2. The molecule has 1 heterocycles. The Kier molecular flexibility index (Phi) is 1.53. The average molecular weight is 165 g/mol. The van der Waals surface area contributed by atoms with Gasteiger partial charge in [0.15, 0.2) is 5.75 Å². The number of rotatable bonds is 2. The van der Waals surface area contributed by atoms with E-state index in [4.69, 9.17) is 16.2 Å². The molecule has 4 N–H and O–H groups in total. The van der Waals surface area contributed by atoms with Crippen LogP contribution >= 0.6 is 0 Å². The maximum absolute atomic E-state index is 5.67. The van der Waals surface area contributed by atoms with Gasteiger partial charge in [-0.05, 0) is 12.8 Å². The van der Waals surface area contributed by atoms with Gasteiger partial charge >= 0.3 is 0 Å². The zero-order valence-electron chi connectivity index (χ0n) is 6.66. The van der Waals surface area contributed by atoms with E-state index in [1.807, 2.05) is 0 Å². The van der Waals surface area contributed by atoms with E-state index in [0.29, 0.717) is 23.2 Å². The van der Waals surface area contributed by atoms with Gasteiger partial charge in [-0.2, -0.15) is 0 Å². The minimum atomic E-state index is 0.330. The molecule has 1 aliphatic rings. The number of aromatic nitrogens is 1. The van der Waals surface area contributed by atoms with Crippen molar-refractivity contribution in [1.82, 2.24) is 4.98 Å². The van der Waals surface area contributed by atoms with Crippen molar-refractivity contribution < 1.29 is 4.74 Å². The number of hydrogen-bond acceptors (Lipinski definition) is 4. The van der Waals surface area contributed by atoms with Gasteiger partial charge in [0, 0.05) is 0 Å². The van der Waals surface area contributed by atoms with Crippen molar-refractivity contribution in [3.05, 3.63) is 12.4 Å². The Morgan fingerprint density at radius 1 is 1.33 bits per heavy atom. The predicted octanol–water partition coefficient (Wildman–Crippen LogP) is 0.787. The summed E-state index contributed by atoms with van der Waals surface area (Å²) in [5, 5.41) is 0. The van der Waals surface area contributed by atoms with Gasteiger partial charge in [-0.3, -0.25) is 4.98 Å². The molecule has 1 aromatic rings. The molecule has 0 unspecified atom stereocenters. The Morgan fingerprint density at radius 3 is 2.75 bits per heavy atom. The molecular weight excluding hydrogens is 154 g/mol. The molecule has 0 aromatic carbocycles. The van der Waals surface area contributed by atoms with E-state index >= 15 is 0 Å². The maximum Gasteiger partial charge on any atom is 0.162 e. The van der Waals surface area contributed by atoms with Gasteiger partial charge in [-0.1, -0.05) is 0 Å². The van der Waals surface area contributed by atoms with Gasteiger partial charge in [-0.15, -0.1) is 0 Å². The smallest absolute Gasteiger partial charge is 0.162 e. The van der Waals surface area contributed by atoms with Gasteiger partial charge in [-0.25, -0.2) is 0 Å².